The molecule has 11 rings (SSSR count). The van der Waals surface area contributed by atoms with Gasteiger partial charge >= 0.3 is 0 Å². The number of fused-ring (bicyclic) bond motifs is 6. The number of hydrogen-bond acceptors (Lipinski definition) is 2. The number of para-hydroxylation sites is 2. The lowest BCUT2D eigenvalue weighted by Crippen LogP contribution is -2.25. The largest absolute Gasteiger partial charge is 0.670 e. The van der Waals surface area contributed by atoms with E-state index in [0.29, 0.717) is 0 Å². The van der Waals surface area contributed by atoms with E-state index in [0.717, 1.165) is 45.3 Å². The number of rotatable bonds is 5. The highest BCUT2D eigenvalue weighted by Gasteiger charge is 2.34. The third-order valence-corrected chi connectivity index (χ3v) is 11.1. The van der Waals surface area contributed by atoms with Gasteiger partial charge in [0.1, 0.15) is 5.84 Å². The zero-order valence-corrected chi connectivity index (χ0v) is 30.0. The summed E-state index contributed by atoms with van der Waals surface area (Å²) in [4.78, 5) is 7.70. The summed E-state index contributed by atoms with van der Waals surface area (Å²) >= 11 is 0. The first-order chi connectivity index (χ1) is 27.2. The fourth-order valence-corrected chi connectivity index (χ4v) is 8.45. The molecule has 55 heavy (non-hydrogen) atoms. The molecule has 0 saturated carbocycles. The van der Waals surface area contributed by atoms with E-state index in [1.54, 1.807) is 0 Å². The molecule has 2 aliphatic rings. The van der Waals surface area contributed by atoms with E-state index in [-0.39, 0.29) is 6.04 Å². The molecular weight excluding hydrogens is 667 g/mol. The predicted molar refractivity (Wildman–Crippen MR) is 231 cm³/mol. The molecule has 0 fully saturated rings. The smallest absolute Gasteiger partial charge is 0.104 e. The van der Waals surface area contributed by atoms with Crippen molar-refractivity contribution in [1.29, 1.82) is 0 Å². The van der Waals surface area contributed by atoms with Crippen LogP contribution in [-0.2, 0) is 0 Å². The maximum atomic E-state index is 5.39. The molecule has 0 aliphatic carbocycles. The Kier molecular flexibility index (Phi) is 7.24. The van der Waals surface area contributed by atoms with Crippen LogP contribution in [0.4, 0.5) is 22.7 Å². The quantitative estimate of drug-likeness (QED) is 0.176. The predicted octanol–water partition coefficient (Wildman–Crippen LogP) is 14.6. The summed E-state index contributed by atoms with van der Waals surface area (Å²) in [6.07, 6.45) is 0. The first-order valence-corrected chi connectivity index (χ1v) is 18.8. The Morgan fingerprint density at radius 2 is 1.04 bits per heavy atom. The first-order valence-electron chi connectivity index (χ1n) is 18.8. The van der Waals surface area contributed by atoms with Crippen LogP contribution in [0.5, 0.6) is 0 Å². The van der Waals surface area contributed by atoms with Gasteiger partial charge in [-0.1, -0.05) is 152 Å². The maximum Gasteiger partial charge on any atom is 0.104 e. The summed E-state index contributed by atoms with van der Waals surface area (Å²) in [7, 11) is 0. The number of hydrogen-bond donors (Lipinski definition) is 0. The standard InChI is InChI=1S/C52H34N3/c1-3-13-34(14-4-1)40-30-41(38-26-25-35-15-7-8-18-37(35)29-38)32-42(31-40)39-27-28-50-46(33-39)51-52(54-48-23-10-9-22-47(48)53-51)55(50)49-24-12-20-44-43(19-11-21-45(44)49)36-16-5-2-6-17-36/h1-33,51H/q-1. The van der Waals surface area contributed by atoms with Crippen molar-refractivity contribution < 1.29 is 0 Å². The maximum absolute atomic E-state index is 5.39. The summed E-state index contributed by atoms with van der Waals surface area (Å²) < 4.78 is 0. The van der Waals surface area contributed by atoms with Crippen LogP contribution in [0.1, 0.15) is 11.6 Å². The van der Waals surface area contributed by atoms with Crippen molar-refractivity contribution in [2.75, 3.05) is 4.90 Å². The fourth-order valence-electron chi connectivity index (χ4n) is 8.45. The van der Waals surface area contributed by atoms with Gasteiger partial charge in [-0.15, -0.1) is 5.69 Å². The van der Waals surface area contributed by atoms with Gasteiger partial charge in [-0.2, -0.15) is 0 Å². The number of nitrogens with zero attached hydrogens (tertiary/aromatic N) is 3. The van der Waals surface area contributed by atoms with E-state index in [4.69, 9.17) is 10.3 Å². The Bertz CT molecular complexity index is 2960. The SMILES string of the molecule is c1ccc(-c2cc(-c3ccc4c(c3)C3[N-]c5ccccc5N=C3N4c3cccc4c(-c5ccccc5)cccc34)cc(-c3ccc4ccccc4c3)c2)cc1. The van der Waals surface area contributed by atoms with Crippen LogP contribution in [0.3, 0.4) is 0 Å². The molecule has 0 saturated heterocycles. The Morgan fingerprint density at radius 1 is 0.400 bits per heavy atom. The Hall–Kier alpha value is -7.23. The molecular formula is C52H34N3-. The van der Waals surface area contributed by atoms with Crippen molar-refractivity contribution in [1.82, 2.24) is 0 Å². The van der Waals surface area contributed by atoms with Crippen LogP contribution in [-0.4, -0.2) is 5.84 Å². The minimum absolute atomic E-state index is 0.241. The molecule has 0 N–H and O–H groups in total. The number of anilines is 2. The highest BCUT2D eigenvalue weighted by molar-refractivity contribution is 6.21. The number of aliphatic imine (C=N–C) groups is 1. The molecule has 0 radical (unpaired) electrons. The van der Waals surface area contributed by atoms with Crippen LogP contribution in [0, 0.1) is 0 Å². The number of benzene rings is 9. The normalized spacial score (nSPS) is 14.2. The van der Waals surface area contributed by atoms with E-state index in [2.05, 4.69) is 193 Å². The van der Waals surface area contributed by atoms with Crippen LogP contribution < -0.4 is 4.90 Å². The lowest BCUT2D eigenvalue weighted by atomic mass is 9.91. The molecule has 2 aliphatic heterocycles. The van der Waals surface area contributed by atoms with Gasteiger partial charge in [0, 0.05) is 11.1 Å². The Balaban J connectivity index is 1.09. The molecule has 3 nitrogen and oxygen atoms in total. The van der Waals surface area contributed by atoms with Gasteiger partial charge in [0.25, 0.3) is 0 Å². The first kappa shape index (κ1) is 31.3. The van der Waals surface area contributed by atoms with Crippen LogP contribution >= 0.6 is 0 Å². The van der Waals surface area contributed by atoms with Crippen molar-refractivity contribution >= 4 is 50.1 Å². The Labute approximate surface area is 320 Å². The van der Waals surface area contributed by atoms with Crippen molar-refractivity contribution in [3.8, 4) is 44.5 Å². The van der Waals surface area contributed by atoms with Crippen LogP contribution in [0.2, 0.25) is 0 Å². The van der Waals surface area contributed by atoms with Crippen molar-refractivity contribution in [3.05, 3.63) is 211 Å². The third kappa shape index (κ3) is 5.32. The lowest BCUT2D eigenvalue weighted by Gasteiger charge is -2.37. The zero-order valence-electron chi connectivity index (χ0n) is 30.0. The molecule has 9 aromatic rings. The van der Waals surface area contributed by atoms with Gasteiger partial charge < -0.3 is 5.32 Å². The van der Waals surface area contributed by atoms with Crippen molar-refractivity contribution in [3.63, 3.8) is 0 Å². The average Bonchev–Trinajstić information content (AvgIpc) is 3.57. The fraction of sp³-hybridized carbons (Fsp3) is 0.0192. The molecule has 2 heterocycles. The second kappa shape index (κ2) is 12.7. The summed E-state index contributed by atoms with van der Waals surface area (Å²) in [6.45, 7) is 0. The van der Waals surface area contributed by atoms with Crippen LogP contribution in [0.15, 0.2) is 205 Å². The molecule has 0 amide bonds. The van der Waals surface area contributed by atoms with E-state index < -0.39 is 0 Å². The number of amidine groups is 1. The van der Waals surface area contributed by atoms with Crippen molar-refractivity contribution in [2.45, 2.75) is 6.04 Å². The zero-order chi connectivity index (χ0) is 36.3. The van der Waals surface area contributed by atoms with E-state index in [9.17, 15) is 0 Å². The Morgan fingerprint density at radius 3 is 1.85 bits per heavy atom. The summed E-state index contributed by atoms with van der Waals surface area (Å²) in [5, 5.41) is 10.3. The van der Waals surface area contributed by atoms with Gasteiger partial charge in [0.2, 0.25) is 0 Å². The second-order valence-electron chi connectivity index (χ2n) is 14.4. The van der Waals surface area contributed by atoms with Crippen molar-refractivity contribution in [2.24, 2.45) is 4.99 Å². The lowest BCUT2D eigenvalue weighted by molar-refractivity contribution is 1.10. The highest BCUT2D eigenvalue weighted by atomic mass is 15.3. The summed E-state index contributed by atoms with van der Waals surface area (Å²) in [5.74, 6) is 0.929. The molecule has 1 unspecified atom stereocenters. The molecule has 0 bridgehead atoms. The topological polar surface area (TPSA) is 29.7 Å². The minimum Gasteiger partial charge on any atom is -0.670 e. The molecule has 3 heteroatoms. The minimum atomic E-state index is -0.241. The molecule has 0 aromatic heterocycles. The molecule has 1 atom stereocenters. The van der Waals surface area contributed by atoms with Gasteiger partial charge in [-0.25, -0.2) is 4.99 Å². The average molecular weight is 701 g/mol. The highest BCUT2D eigenvalue weighted by Crippen LogP contribution is 2.54. The van der Waals surface area contributed by atoms with E-state index in [1.807, 2.05) is 12.1 Å². The summed E-state index contributed by atoms with van der Waals surface area (Å²) in [5.41, 5.74) is 14.7. The van der Waals surface area contributed by atoms with Gasteiger partial charge in [0.15, 0.2) is 0 Å². The van der Waals surface area contributed by atoms with Gasteiger partial charge in [-0.05, 0) is 121 Å². The van der Waals surface area contributed by atoms with Crippen LogP contribution in [0.25, 0.3) is 71.4 Å². The third-order valence-electron chi connectivity index (χ3n) is 11.1. The monoisotopic (exact) mass is 700 g/mol. The van der Waals surface area contributed by atoms with Gasteiger partial charge in [0.05, 0.1) is 11.4 Å². The van der Waals surface area contributed by atoms with E-state index >= 15 is 0 Å². The molecule has 9 aromatic carbocycles. The van der Waals surface area contributed by atoms with Gasteiger partial charge in [-0.3, -0.25) is 4.90 Å². The molecule has 0 spiro atoms. The summed E-state index contributed by atoms with van der Waals surface area (Å²) in [6, 6.07) is 71.8. The second-order valence-corrected chi connectivity index (χ2v) is 14.4. The van der Waals surface area contributed by atoms with E-state index in [1.165, 1.54) is 54.9 Å². The molecule has 258 valence electrons.